The van der Waals surface area contributed by atoms with Crippen LogP contribution in [-0.2, 0) is 4.12 Å². The zero-order valence-electron chi connectivity index (χ0n) is 11.7. The van der Waals surface area contributed by atoms with Crippen LogP contribution in [0.1, 0.15) is 12.5 Å². The van der Waals surface area contributed by atoms with Crippen molar-refractivity contribution >= 4 is 27.9 Å². The molecule has 0 N–H and O–H groups in total. The summed E-state index contributed by atoms with van der Waals surface area (Å²) in [6.45, 7) is 15.2. The van der Waals surface area contributed by atoms with Crippen LogP contribution in [0.4, 0.5) is 0 Å². The standard InChI is InChI=1S/C14H24OSi2/c1-7-13-9-11-14(12-10-13)17(5,6)15-16(3,4)8-2/h7,9-12H,1,8H2,2-6H3. The van der Waals surface area contributed by atoms with Crippen LogP contribution in [0.15, 0.2) is 30.8 Å². The maximum atomic E-state index is 6.49. The van der Waals surface area contributed by atoms with Gasteiger partial charge in [0.15, 0.2) is 8.32 Å². The van der Waals surface area contributed by atoms with E-state index in [1.54, 1.807) is 0 Å². The van der Waals surface area contributed by atoms with E-state index in [9.17, 15) is 0 Å². The molecule has 0 bridgehead atoms. The summed E-state index contributed by atoms with van der Waals surface area (Å²) >= 11 is 0. The quantitative estimate of drug-likeness (QED) is 0.731. The summed E-state index contributed by atoms with van der Waals surface area (Å²) in [6, 6.07) is 9.82. The summed E-state index contributed by atoms with van der Waals surface area (Å²) in [5, 5.41) is 1.37. The topological polar surface area (TPSA) is 9.23 Å². The van der Waals surface area contributed by atoms with Gasteiger partial charge in [0.25, 0.3) is 0 Å². The summed E-state index contributed by atoms with van der Waals surface area (Å²) in [7, 11) is -3.22. The summed E-state index contributed by atoms with van der Waals surface area (Å²) in [6.07, 6.45) is 1.88. The zero-order chi connectivity index (χ0) is 13.1. The Morgan fingerprint density at radius 2 is 1.65 bits per heavy atom. The van der Waals surface area contributed by atoms with Crippen molar-refractivity contribution in [1.29, 1.82) is 0 Å². The second kappa shape index (κ2) is 5.33. The Morgan fingerprint density at radius 1 is 1.12 bits per heavy atom. The normalized spacial score (nSPS) is 12.5. The average molecular weight is 265 g/mol. The second-order valence-corrected chi connectivity index (χ2v) is 14.2. The molecule has 0 amide bonds. The van der Waals surface area contributed by atoms with E-state index in [2.05, 4.69) is 64.0 Å². The Bertz CT molecular complexity index is 380. The van der Waals surface area contributed by atoms with Crippen molar-refractivity contribution in [3.05, 3.63) is 36.4 Å². The molecule has 94 valence electrons. The largest absolute Gasteiger partial charge is 0.452 e. The lowest BCUT2D eigenvalue weighted by Gasteiger charge is -2.33. The summed E-state index contributed by atoms with van der Waals surface area (Å²) < 4.78 is 6.49. The Hall–Kier alpha value is -0.646. The molecular weight excluding hydrogens is 240 g/mol. The highest BCUT2D eigenvalue weighted by Gasteiger charge is 2.33. The van der Waals surface area contributed by atoms with E-state index in [0.717, 1.165) is 0 Å². The molecule has 1 aromatic carbocycles. The Morgan fingerprint density at radius 3 is 2.06 bits per heavy atom. The minimum Gasteiger partial charge on any atom is -0.452 e. The number of benzene rings is 1. The molecule has 1 nitrogen and oxygen atoms in total. The highest BCUT2D eigenvalue weighted by Crippen LogP contribution is 2.18. The number of hydrogen-bond acceptors (Lipinski definition) is 1. The van der Waals surface area contributed by atoms with Gasteiger partial charge < -0.3 is 4.12 Å². The van der Waals surface area contributed by atoms with Crippen molar-refractivity contribution in [2.45, 2.75) is 39.2 Å². The fourth-order valence-corrected chi connectivity index (χ4v) is 9.39. The molecule has 0 aliphatic rings. The average Bonchev–Trinajstić information content (AvgIpc) is 2.28. The number of hydrogen-bond donors (Lipinski definition) is 0. The first-order valence-electron chi connectivity index (χ1n) is 6.24. The third-order valence-corrected chi connectivity index (χ3v) is 10.9. The van der Waals surface area contributed by atoms with Crippen molar-refractivity contribution in [1.82, 2.24) is 0 Å². The molecule has 17 heavy (non-hydrogen) atoms. The Balaban J connectivity index is 2.92. The molecule has 3 heteroatoms. The summed E-state index contributed by atoms with van der Waals surface area (Å²) in [5.41, 5.74) is 1.17. The predicted molar refractivity (Wildman–Crippen MR) is 82.7 cm³/mol. The molecule has 0 fully saturated rings. The van der Waals surface area contributed by atoms with E-state index in [4.69, 9.17) is 4.12 Å². The molecule has 0 unspecified atom stereocenters. The first kappa shape index (κ1) is 14.4. The molecular formula is C14H24OSi2. The highest BCUT2D eigenvalue weighted by molar-refractivity contribution is 6.92. The maximum Gasteiger partial charge on any atom is 0.205 e. The fourth-order valence-electron chi connectivity index (χ4n) is 1.84. The van der Waals surface area contributed by atoms with Crippen molar-refractivity contribution in [2.24, 2.45) is 0 Å². The van der Waals surface area contributed by atoms with E-state index in [0.29, 0.717) is 0 Å². The smallest absolute Gasteiger partial charge is 0.205 e. The van der Waals surface area contributed by atoms with Gasteiger partial charge in [-0.25, -0.2) is 0 Å². The van der Waals surface area contributed by atoms with Crippen LogP contribution < -0.4 is 5.19 Å². The van der Waals surface area contributed by atoms with Crippen LogP contribution in [0.3, 0.4) is 0 Å². The van der Waals surface area contributed by atoms with Crippen LogP contribution in [0.5, 0.6) is 0 Å². The van der Waals surface area contributed by atoms with Gasteiger partial charge in [0.2, 0.25) is 8.32 Å². The lowest BCUT2D eigenvalue weighted by Crippen LogP contribution is -2.52. The van der Waals surface area contributed by atoms with Gasteiger partial charge in [-0.05, 0) is 43.0 Å². The first-order valence-corrected chi connectivity index (χ1v) is 12.3. The SMILES string of the molecule is C=Cc1ccc([Si](C)(C)O[Si](C)(C)CC)cc1. The molecule has 0 heterocycles. The molecule has 0 saturated carbocycles. The molecule has 0 aromatic heterocycles. The minimum atomic E-state index is -1.74. The van der Waals surface area contributed by atoms with Crippen molar-refractivity contribution in [3.63, 3.8) is 0 Å². The number of rotatable bonds is 5. The van der Waals surface area contributed by atoms with Crippen LogP contribution in [0.25, 0.3) is 6.08 Å². The van der Waals surface area contributed by atoms with Gasteiger partial charge in [-0.15, -0.1) is 0 Å². The van der Waals surface area contributed by atoms with Gasteiger partial charge >= 0.3 is 0 Å². The van der Waals surface area contributed by atoms with Gasteiger partial charge in [0, 0.05) is 0 Å². The van der Waals surface area contributed by atoms with Crippen LogP contribution in [0, 0.1) is 0 Å². The molecule has 0 aliphatic carbocycles. The monoisotopic (exact) mass is 264 g/mol. The zero-order valence-corrected chi connectivity index (χ0v) is 13.7. The molecule has 0 atom stereocenters. The predicted octanol–water partition coefficient (Wildman–Crippen LogP) is 3.98. The van der Waals surface area contributed by atoms with Crippen molar-refractivity contribution in [2.75, 3.05) is 0 Å². The van der Waals surface area contributed by atoms with E-state index in [1.807, 2.05) is 6.08 Å². The van der Waals surface area contributed by atoms with Crippen LogP contribution >= 0.6 is 0 Å². The van der Waals surface area contributed by atoms with Gasteiger partial charge in [-0.2, -0.15) is 0 Å². The molecule has 0 radical (unpaired) electrons. The molecule has 0 saturated heterocycles. The van der Waals surface area contributed by atoms with E-state index in [1.165, 1.54) is 16.8 Å². The second-order valence-electron chi connectivity index (χ2n) is 5.55. The van der Waals surface area contributed by atoms with Gasteiger partial charge in [0.05, 0.1) is 0 Å². The Kier molecular flexibility index (Phi) is 4.52. The molecule has 1 rings (SSSR count). The lowest BCUT2D eigenvalue weighted by atomic mass is 10.2. The van der Waals surface area contributed by atoms with Crippen molar-refractivity contribution < 1.29 is 4.12 Å². The van der Waals surface area contributed by atoms with E-state index >= 15 is 0 Å². The van der Waals surface area contributed by atoms with E-state index < -0.39 is 16.6 Å². The third kappa shape index (κ3) is 3.94. The van der Waals surface area contributed by atoms with Gasteiger partial charge in [0.1, 0.15) is 0 Å². The third-order valence-electron chi connectivity index (χ3n) is 3.22. The van der Waals surface area contributed by atoms with Gasteiger partial charge in [-0.3, -0.25) is 0 Å². The first-order chi connectivity index (χ1) is 7.80. The molecule has 1 aromatic rings. The lowest BCUT2D eigenvalue weighted by molar-refractivity contribution is 0.557. The highest BCUT2D eigenvalue weighted by atomic mass is 28.4. The summed E-state index contributed by atoms with van der Waals surface area (Å²) in [4.78, 5) is 0. The molecule has 0 spiro atoms. The van der Waals surface area contributed by atoms with E-state index in [-0.39, 0.29) is 0 Å². The summed E-state index contributed by atoms with van der Waals surface area (Å²) in [5.74, 6) is 0. The van der Waals surface area contributed by atoms with Crippen molar-refractivity contribution in [3.8, 4) is 0 Å². The van der Waals surface area contributed by atoms with Crippen LogP contribution in [0.2, 0.25) is 32.2 Å². The fraction of sp³-hybridized carbons (Fsp3) is 0.429. The minimum absolute atomic E-state index is 1.17. The van der Waals surface area contributed by atoms with Gasteiger partial charge in [-0.1, -0.05) is 43.8 Å². The van der Waals surface area contributed by atoms with Crippen LogP contribution in [-0.4, -0.2) is 16.6 Å². The molecule has 0 aliphatic heterocycles. The maximum absolute atomic E-state index is 6.49. The Labute approximate surface area is 108 Å².